The predicted molar refractivity (Wildman–Crippen MR) is 101 cm³/mol. The van der Waals surface area contributed by atoms with E-state index in [0.29, 0.717) is 43.0 Å². The maximum atomic E-state index is 13.2. The fourth-order valence-electron chi connectivity index (χ4n) is 2.98. The quantitative estimate of drug-likeness (QED) is 0.630. The summed E-state index contributed by atoms with van der Waals surface area (Å²) in [6.07, 6.45) is 1.60. The number of nitrogens with zero attached hydrogens (tertiary/aromatic N) is 4. The van der Waals surface area contributed by atoms with Crippen molar-refractivity contribution < 1.29 is 13.9 Å². The Kier molecular flexibility index (Phi) is 5.26. The zero-order valence-corrected chi connectivity index (χ0v) is 15.8. The van der Waals surface area contributed by atoms with E-state index in [9.17, 15) is 4.79 Å². The third kappa shape index (κ3) is 3.77. The molecular formula is C19H20N4O3S. The van der Waals surface area contributed by atoms with Crippen LogP contribution >= 0.6 is 11.8 Å². The van der Waals surface area contributed by atoms with Crippen molar-refractivity contribution in [1.82, 2.24) is 19.7 Å². The smallest absolute Gasteiger partial charge is 0.240 e. The molecule has 2 aromatic heterocycles. The predicted octanol–water partition coefficient (Wildman–Crippen LogP) is 2.77. The molecule has 1 fully saturated rings. The minimum atomic E-state index is -0.392. The molecular weight excluding hydrogens is 364 g/mol. The summed E-state index contributed by atoms with van der Waals surface area (Å²) in [7, 11) is 1.88. The minimum Gasteiger partial charge on any atom is -0.461 e. The molecule has 0 aliphatic carbocycles. The van der Waals surface area contributed by atoms with Crippen molar-refractivity contribution >= 4 is 17.7 Å². The van der Waals surface area contributed by atoms with Gasteiger partial charge in [0.25, 0.3) is 0 Å². The van der Waals surface area contributed by atoms with Gasteiger partial charge in [0.1, 0.15) is 5.25 Å². The number of hydrogen-bond acceptors (Lipinski definition) is 6. The van der Waals surface area contributed by atoms with E-state index in [4.69, 9.17) is 9.15 Å². The van der Waals surface area contributed by atoms with Crippen molar-refractivity contribution in [2.45, 2.75) is 10.4 Å². The summed E-state index contributed by atoms with van der Waals surface area (Å²) in [6.45, 7) is 2.37. The Balaban J connectivity index is 1.63. The van der Waals surface area contributed by atoms with Crippen LogP contribution in [0.5, 0.6) is 0 Å². The molecule has 1 amide bonds. The molecule has 1 saturated heterocycles. The van der Waals surface area contributed by atoms with Gasteiger partial charge in [-0.25, -0.2) is 0 Å². The Morgan fingerprint density at radius 2 is 1.89 bits per heavy atom. The standard InChI is InChI=1S/C19H20N4O3S/c1-22-17(15-8-5-11-26-15)20-21-19(22)27-16(14-6-3-2-4-7-14)18(24)23-9-12-25-13-10-23/h2-8,11,16H,9-10,12-13H2,1H3. The van der Waals surface area contributed by atoms with Crippen LogP contribution in [0.3, 0.4) is 0 Å². The monoisotopic (exact) mass is 384 g/mol. The largest absolute Gasteiger partial charge is 0.461 e. The van der Waals surface area contributed by atoms with Gasteiger partial charge in [-0.2, -0.15) is 0 Å². The van der Waals surface area contributed by atoms with Crippen LogP contribution in [-0.2, 0) is 16.6 Å². The highest BCUT2D eigenvalue weighted by molar-refractivity contribution is 8.00. The van der Waals surface area contributed by atoms with Crippen LogP contribution in [0.1, 0.15) is 10.8 Å². The minimum absolute atomic E-state index is 0.0667. The van der Waals surface area contributed by atoms with Gasteiger partial charge in [-0.15, -0.1) is 10.2 Å². The number of aromatic nitrogens is 3. The van der Waals surface area contributed by atoms with Gasteiger partial charge in [-0.05, 0) is 17.7 Å². The molecule has 0 spiro atoms. The summed E-state index contributed by atoms with van der Waals surface area (Å²) in [5.74, 6) is 1.35. The number of rotatable bonds is 5. The number of benzene rings is 1. The molecule has 0 radical (unpaired) electrons. The van der Waals surface area contributed by atoms with Gasteiger partial charge in [0.15, 0.2) is 16.7 Å². The highest BCUT2D eigenvalue weighted by Crippen LogP contribution is 2.37. The van der Waals surface area contributed by atoms with Gasteiger partial charge in [0.2, 0.25) is 5.91 Å². The number of furan rings is 1. The molecule has 1 unspecified atom stereocenters. The van der Waals surface area contributed by atoms with E-state index in [2.05, 4.69) is 10.2 Å². The summed E-state index contributed by atoms with van der Waals surface area (Å²) in [6, 6.07) is 13.4. The second-order valence-electron chi connectivity index (χ2n) is 6.19. The zero-order chi connectivity index (χ0) is 18.6. The van der Waals surface area contributed by atoms with Gasteiger partial charge < -0.3 is 18.6 Å². The van der Waals surface area contributed by atoms with Gasteiger partial charge >= 0.3 is 0 Å². The van der Waals surface area contributed by atoms with Gasteiger partial charge in [0.05, 0.1) is 19.5 Å². The fraction of sp³-hybridized carbons (Fsp3) is 0.316. The Labute approximate surface area is 161 Å². The SMILES string of the molecule is Cn1c(SC(C(=O)N2CCOCC2)c2ccccc2)nnc1-c1ccco1. The molecule has 0 bridgehead atoms. The average Bonchev–Trinajstić information content (AvgIpc) is 3.37. The lowest BCUT2D eigenvalue weighted by Gasteiger charge is -2.30. The van der Waals surface area contributed by atoms with Gasteiger partial charge in [-0.3, -0.25) is 4.79 Å². The number of amides is 1. The Bertz CT molecular complexity index is 889. The second-order valence-corrected chi connectivity index (χ2v) is 7.26. The lowest BCUT2D eigenvalue weighted by molar-refractivity contribution is -0.134. The van der Waals surface area contributed by atoms with Crippen LogP contribution in [0.25, 0.3) is 11.6 Å². The Morgan fingerprint density at radius 3 is 2.59 bits per heavy atom. The van der Waals surface area contributed by atoms with Crippen LogP contribution in [0, 0.1) is 0 Å². The van der Waals surface area contributed by atoms with Crippen molar-refractivity contribution in [3.05, 3.63) is 54.3 Å². The molecule has 1 atom stereocenters. The summed E-state index contributed by atoms with van der Waals surface area (Å²) < 4.78 is 12.7. The summed E-state index contributed by atoms with van der Waals surface area (Å²) in [5, 5.41) is 8.79. The first kappa shape index (κ1) is 17.8. The van der Waals surface area contributed by atoms with Crippen LogP contribution < -0.4 is 0 Å². The number of thioether (sulfide) groups is 1. The zero-order valence-electron chi connectivity index (χ0n) is 14.9. The summed E-state index contributed by atoms with van der Waals surface area (Å²) >= 11 is 1.40. The number of hydrogen-bond donors (Lipinski definition) is 0. The van der Waals surface area contributed by atoms with Crippen LogP contribution in [0.15, 0.2) is 58.3 Å². The molecule has 27 heavy (non-hydrogen) atoms. The molecule has 0 N–H and O–H groups in total. The molecule has 3 aromatic rings. The summed E-state index contributed by atoms with van der Waals surface area (Å²) in [5.41, 5.74) is 0.946. The average molecular weight is 384 g/mol. The molecule has 1 aromatic carbocycles. The van der Waals surface area contributed by atoms with E-state index in [0.717, 1.165) is 5.56 Å². The van der Waals surface area contributed by atoms with Crippen molar-refractivity contribution in [3.63, 3.8) is 0 Å². The van der Waals surface area contributed by atoms with E-state index >= 15 is 0 Å². The lowest BCUT2D eigenvalue weighted by atomic mass is 10.1. The Morgan fingerprint density at radius 1 is 1.11 bits per heavy atom. The third-order valence-electron chi connectivity index (χ3n) is 4.45. The first-order chi connectivity index (χ1) is 13.2. The molecule has 4 rings (SSSR count). The number of carbonyl (C=O) groups is 1. The summed E-state index contributed by atoms with van der Waals surface area (Å²) in [4.78, 5) is 15.1. The van der Waals surface area contributed by atoms with E-state index in [1.165, 1.54) is 11.8 Å². The van der Waals surface area contributed by atoms with Crippen LogP contribution in [-0.4, -0.2) is 51.9 Å². The van der Waals surface area contributed by atoms with E-state index in [-0.39, 0.29) is 5.91 Å². The number of carbonyl (C=O) groups excluding carboxylic acids is 1. The van der Waals surface area contributed by atoms with Gasteiger partial charge in [-0.1, -0.05) is 42.1 Å². The maximum absolute atomic E-state index is 13.2. The third-order valence-corrected chi connectivity index (χ3v) is 5.72. The first-order valence-corrected chi connectivity index (χ1v) is 9.63. The molecule has 140 valence electrons. The lowest BCUT2D eigenvalue weighted by Crippen LogP contribution is -2.42. The molecule has 1 aliphatic rings. The molecule has 8 heteroatoms. The van der Waals surface area contributed by atoms with Crippen LogP contribution in [0.2, 0.25) is 0 Å². The normalized spacial score (nSPS) is 15.7. The highest BCUT2D eigenvalue weighted by Gasteiger charge is 2.30. The molecule has 3 heterocycles. The first-order valence-electron chi connectivity index (χ1n) is 8.75. The van der Waals surface area contributed by atoms with Crippen molar-refractivity contribution in [3.8, 4) is 11.6 Å². The maximum Gasteiger partial charge on any atom is 0.240 e. The molecule has 7 nitrogen and oxygen atoms in total. The Hall–Kier alpha value is -2.58. The van der Waals surface area contributed by atoms with Crippen LogP contribution in [0.4, 0.5) is 0 Å². The fourth-order valence-corrected chi connectivity index (χ4v) is 4.07. The van der Waals surface area contributed by atoms with E-state index in [1.807, 2.05) is 59.0 Å². The second kappa shape index (κ2) is 7.98. The topological polar surface area (TPSA) is 73.4 Å². The van der Waals surface area contributed by atoms with Crippen molar-refractivity contribution in [2.75, 3.05) is 26.3 Å². The van der Waals surface area contributed by atoms with Crippen molar-refractivity contribution in [2.24, 2.45) is 7.05 Å². The van der Waals surface area contributed by atoms with E-state index < -0.39 is 5.25 Å². The van der Waals surface area contributed by atoms with E-state index in [1.54, 1.807) is 6.26 Å². The number of morpholine rings is 1. The highest BCUT2D eigenvalue weighted by atomic mass is 32.2. The molecule has 0 saturated carbocycles. The van der Waals surface area contributed by atoms with Gasteiger partial charge in [0, 0.05) is 20.1 Å². The number of ether oxygens (including phenoxy) is 1. The van der Waals surface area contributed by atoms with Crippen molar-refractivity contribution in [1.29, 1.82) is 0 Å². The molecule has 1 aliphatic heterocycles.